The van der Waals surface area contributed by atoms with E-state index < -0.39 is 17.6 Å². The maximum atomic E-state index is 12.7. The lowest BCUT2D eigenvalue weighted by atomic mass is 10.2. The van der Waals surface area contributed by atoms with Crippen molar-refractivity contribution in [2.45, 2.75) is 6.18 Å². The molecule has 2 N–H and O–H groups in total. The number of carbonyl (C=O) groups excluding carboxylic acids is 1. The number of rotatable bonds is 6. The van der Waals surface area contributed by atoms with Gasteiger partial charge in [-0.2, -0.15) is 13.2 Å². The number of methoxy groups -OCH3 is 1. The van der Waals surface area contributed by atoms with Crippen LogP contribution in [-0.4, -0.2) is 36.4 Å². The van der Waals surface area contributed by atoms with E-state index in [0.717, 1.165) is 12.1 Å². The number of alkyl halides is 3. The van der Waals surface area contributed by atoms with Gasteiger partial charge in [0.2, 0.25) is 0 Å². The summed E-state index contributed by atoms with van der Waals surface area (Å²) in [6.45, 7) is 0.704. The molecule has 1 aromatic carbocycles. The maximum absolute atomic E-state index is 12.7. The summed E-state index contributed by atoms with van der Waals surface area (Å²) in [5.41, 5.74) is -0.452. The Balaban J connectivity index is 2.03. The van der Waals surface area contributed by atoms with Crippen molar-refractivity contribution in [1.29, 1.82) is 0 Å². The van der Waals surface area contributed by atoms with Crippen LogP contribution in [-0.2, 0) is 10.9 Å². The lowest BCUT2D eigenvalue weighted by molar-refractivity contribution is -0.137. The Morgan fingerprint density at radius 2 is 2.00 bits per heavy atom. The number of anilines is 2. The molecule has 24 heavy (non-hydrogen) atoms. The molecule has 0 fully saturated rings. The molecule has 0 atom stereocenters. The van der Waals surface area contributed by atoms with E-state index >= 15 is 0 Å². The fraction of sp³-hybridized carbons (Fsp3) is 0.267. The average molecular weight is 340 g/mol. The number of hydrogen-bond donors (Lipinski definition) is 2. The second-order valence-corrected chi connectivity index (χ2v) is 4.76. The van der Waals surface area contributed by atoms with Gasteiger partial charge in [0.05, 0.1) is 12.2 Å². The summed E-state index contributed by atoms with van der Waals surface area (Å²) in [7, 11) is 1.51. The average Bonchev–Trinajstić information content (AvgIpc) is 2.55. The predicted molar refractivity (Wildman–Crippen MR) is 81.0 cm³/mol. The topological polar surface area (TPSA) is 76.1 Å². The summed E-state index contributed by atoms with van der Waals surface area (Å²) in [6, 6.07) is 7.58. The van der Waals surface area contributed by atoms with E-state index in [1.807, 2.05) is 0 Å². The Morgan fingerprint density at radius 3 is 2.62 bits per heavy atom. The van der Waals surface area contributed by atoms with Gasteiger partial charge >= 0.3 is 6.18 Å². The van der Waals surface area contributed by atoms with Crippen LogP contribution in [0.3, 0.4) is 0 Å². The van der Waals surface area contributed by atoms with Crippen LogP contribution in [0.25, 0.3) is 0 Å². The van der Waals surface area contributed by atoms with Gasteiger partial charge < -0.3 is 15.4 Å². The van der Waals surface area contributed by atoms with E-state index in [9.17, 15) is 18.0 Å². The van der Waals surface area contributed by atoms with Gasteiger partial charge in [0.25, 0.3) is 5.91 Å². The second-order valence-electron chi connectivity index (χ2n) is 4.76. The highest BCUT2D eigenvalue weighted by Crippen LogP contribution is 2.31. The number of ether oxygens (including phenoxy) is 1. The molecule has 0 aliphatic carbocycles. The molecule has 0 spiro atoms. The molecule has 2 aromatic rings. The van der Waals surface area contributed by atoms with Gasteiger partial charge in [0.1, 0.15) is 0 Å². The Kier molecular flexibility index (Phi) is 5.69. The van der Waals surface area contributed by atoms with E-state index in [1.165, 1.54) is 31.4 Å². The van der Waals surface area contributed by atoms with Crippen molar-refractivity contribution in [3.8, 4) is 0 Å². The first-order chi connectivity index (χ1) is 11.4. The minimum absolute atomic E-state index is 0.0979. The highest BCUT2D eigenvalue weighted by molar-refractivity contribution is 5.92. The molecule has 6 nitrogen and oxygen atoms in total. The molecule has 0 saturated carbocycles. The molecule has 0 aliphatic rings. The molecule has 1 amide bonds. The van der Waals surface area contributed by atoms with Gasteiger partial charge in [-0.1, -0.05) is 6.07 Å². The zero-order valence-corrected chi connectivity index (χ0v) is 12.7. The lowest BCUT2D eigenvalue weighted by Crippen LogP contribution is -2.27. The SMILES string of the molecule is COCCNC(=O)c1ccc(Nc2cccc(C(F)(F)F)c2)nn1. The molecule has 2 rings (SSSR count). The quantitative estimate of drug-likeness (QED) is 0.791. The standard InChI is InChI=1S/C15H15F3N4O2/c1-24-8-7-19-14(23)12-5-6-13(22-21-12)20-11-4-2-3-10(9-11)15(16,17)18/h2-6,9H,7-8H2,1H3,(H,19,23)(H,20,22). The molecule has 9 heteroatoms. The number of aromatic nitrogens is 2. The summed E-state index contributed by atoms with van der Waals surface area (Å²) >= 11 is 0. The first-order valence-corrected chi connectivity index (χ1v) is 6.95. The summed E-state index contributed by atoms with van der Waals surface area (Å²) in [5.74, 6) is -0.187. The summed E-state index contributed by atoms with van der Waals surface area (Å²) in [5, 5.41) is 12.8. The van der Waals surface area contributed by atoms with Gasteiger partial charge in [0.15, 0.2) is 11.5 Å². The van der Waals surface area contributed by atoms with Crippen molar-refractivity contribution < 1.29 is 22.7 Å². The summed E-state index contributed by atoms with van der Waals surface area (Å²) in [6.07, 6.45) is -4.42. The van der Waals surface area contributed by atoms with Crippen LogP contribution in [0.2, 0.25) is 0 Å². The van der Waals surface area contributed by atoms with Gasteiger partial charge in [-0.3, -0.25) is 4.79 Å². The molecule has 0 aliphatic heterocycles. The number of amides is 1. The van der Waals surface area contributed by atoms with E-state index in [1.54, 1.807) is 0 Å². The molecule has 1 heterocycles. The van der Waals surface area contributed by atoms with E-state index in [-0.39, 0.29) is 17.2 Å². The predicted octanol–water partition coefficient (Wildman–Crippen LogP) is 2.62. The third-order valence-corrected chi connectivity index (χ3v) is 2.95. The minimum Gasteiger partial charge on any atom is -0.383 e. The normalized spacial score (nSPS) is 11.2. The molecular formula is C15H15F3N4O2. The zero-order valence-electron chi connectivity index (χ0n) is 12.7. The first-order valence-electron chi connectivity index (χ1n) is 6.95. The lowest BCUT2D eigenvalue weighted by Gasteiger charge is -2.10. The van der Waals surface area contributed by atoms with Gasteiger partial charge in [0, 0.05) is 19.3 Å². The van der Waals surface area contributed by atoms with Crippen LogP contribution in [0.1, 0.15) is 16.1 Å². The largest absolute Gasteiger partial charge is 0.416 e. The Bertz CT molecular complexity index is 690. The number of benzene rings is 1. The van der Waals surface area contributed by atoms with Crippen molar-refractivity contribution in [3.05, 3.63) is 47.7 Å². The minimum atomic E-state index is -4.42. The van der Waals surface area contributed by atoms with E-state index in [2.05, 4.69) is 20.8 Å². The highest BCUT2D eigenvalue weighted by Gasteiger charge is 2.30. The van der Waals surface area contributed by atoms with E-state index in [0.29, 0.717) is 13.2 Å². The van der Waals surface area contributed by atoms with Crippen molar-refractivity contribution in [2.75, 3.05) is 25.6 Å². The number of nitrogens with one attached hydrogen (secondary N) is 2. The van der Waals surface area contributed by atoms with Gasteiger partial charge in [-0.15, -0.1) is 10.2 Å². The fourth-order valence-corrected chi connectivity index (χ4v) is 1.80. The molecule has 0 unspecified atom stereocenters. The molecule has 0 bridgehead atoms. The van der Waals surface area contributed by atoms with Gasteiger partial charge in [-0.25, -0.2) is 0 Å². The van der Waals surface area contributed by atoms with Crippen molar-refractivity contribution in [2.24, 2.45) is 0 Å². The van der Waals surface area contributed by atoms with Crippen LogP contribution < -0.4 is 10.6 Å². The molecule has 128 valence electrons. The van der Waals surface area contributed by atoms with E-state index in [4.69, 9.17) is 4.74 Å². The van der Waals surface area contributed by atoms with Crippen LogP contribution >= 0.6 is 0 Å². The summed E-state index contributed by atoms with van der Waals surface area (Å²) < 4.78 is 42.8. The van der Waals surface area contributed by atoms with Crippen molar-refractivity contribution in [3.63, 3.8) is 0 Å². The second kappa shape index (κ2) is 7.73. The fourth-order valence-electron chi connectivity index (χ4n) is 1.80. The molecule has 0 saturated heterocycles. The highest BCUT2D eigenvalue weighted by atomic mass is 19.4. The molecular weight excluding hydrogens is 325 g/mol. The van der Waals surface area contributed by atoms with Crippen LogP contribution in [0.15, 0.2) is 36.4 Å². The number of carbonyl (C=O) groups is 1. The Labute approximate surface area is 136 Å². The smallest absolute Gasteiger partial charge is 0.383 e. The van der Waals surface area contributed by atoms with Gasteiger partial charge in [-0.05, 0) is 30.3 Å². The number of nitrogens with zero attached hydrogens (tertiary/aromatic N) is 2. The van der Waals surface area contributed by atoms with Crippen molar-refractivity contribution in [1.82, 2.24) is 15.5 Å². The zero-order chi connectivity index (χ0) is 17.6. The van der Waals surface area contributed by atoms with Crippen LogP contribution in [0, 0.1) is 0 Å². The first kappa shape index (κ1) is 17.7. The number of hydrogen-bond acceptors (Lipinski definition) is 5. The van der Waals surface area contributed by atoms with Crippen LogP contribution in [0.4, 0.5) is 24.7 Å². The third-order valence-electron chi connectivity index (χ3n) is 2.95. The maximum Gasteiger partial charge on any atom is 0.416 e. The number of halogens is 3. The Hall–Kier alpha value is -2.68. The van der Waals surface area contributed by atoms with Crippen molar-refractivity contribution >= 4 is 17.4 Å². The Morgan fingerprint density at radius 1 is 1.21 bits per heavy atom. The molecule has 0 radical (unpaired) electrons. The van der Waals surface area contributed by atoms with Crippen LogP contribution in [0.5, 0.6) is 0 Å². The summed E-state index contributed by atoms with van der Waals surface area (Å²) in [4.78, 5) is 11.7. The monoisotopic (exact) mass is 340 g/mol. The third kappa shape index (κ3) is 4.92. The molecule has 1 aromatic heterocycles.